The number of carbonyl (C=O) groups is 3. The molecule has 1 fully saturated rings. The smallest absolute Gasteiger partial charge is 0.332 e. The molecule has 1 saturated carbocycles. The molecule has 0 saturated heterocycles. The van der Waals surface area contributed by atoms with Crippen LogP contribution in [0.15, 0.2) is 35.9 Å². The first kappa shape index (κ1) is 18.7. The normalized spacial score (nSPS) is 16.4. The molecule has 0 aliphatic heterocycles. The number of hydrogen-bond acceptors (Lipinski definition) is 4. The summed E-state index contributed by atoms with van der Waals surface area (Å²) in [4.78, 5) is 35.2. The van der Waals surface area contributed by atoms with E-state index in [1.165, 1.54) is 6.08 Å². The molecule has 0 aromatic heterocycles. The number of rotatable bonds is 7. The molecule has 1 unspecified atom stereocenters. The highest BCUT2D eigenvalue weighted by Gasteiger charge is 2.31. The number of aryl methyl sites for hydroxylation is 1. The third-order valence-electron chi connectivity index (χ3n) is 4.33. The van der Waals surface area contributed by atoms with Gasteiger partial charge in [0.25, 0.3) is 0 Å². The first-order valence-corrected chi connectivity index (χ1v) is 8.32. The van der Waals surface area contributed by atoms with E-state index in [0.717, 1.165) is 31.2 Å². The van der Waals surface area contributed by atoms with Crippen LogP contribution in [0.2, 0.25) is 0 Å². The topological polar surface area (TPSA) is 101 Å². The number of hydrogen-bond donors (Lipinski definition) is 2. The molecule has 0 amide bonds. The van der Waals surface area contributed by atoms with Gasteiger partial charge in [-0.2, -0.15) is 0 Å². The van der Waals surface area contributed by atoms with Gasteiger partial charge < -0.3 is 14.9 Å². The fourth-order valence-electron chi connectivity index (χ4n) is 3.06. The van der Waals surface area contributed by atoms with E-state index < -0.39 is 30.2 Å². The summed E-state index contributed by atoms with van der Waals surface area (Å²) < 4.78 is 5.15. The highest BCUT2D eigenvalue weighted by Crippen LogP contribution is 2.29. The maximum Gasteiger partial charge on any atom is 0.332 e. The Labute approximate surface area is 146 Å². The molecule has 1 aliphatic carbocycles. The summed E-state index contributed by atoms with van der Waals surface area (Å²) in [5, 5.41) is 18.8. The zero-order chi connectivity index (χ0) is 18.4. The average Bonchev–Trinajstić information content (AvgIpc) is 3.03. The first-order chi connectivity index (χ1) is 11.9. The summed E-state index contributed by atoms with van der Waals surface area (Å²) in [6.07, 6.45) is 4.68. The molecule has 6 nitrogen and oxygen atoms in total. The fraction of sp³-hybridized carbons (Fsp3) is 0.421. The minimum Gasteiger partial charge on any atom is -0.481 e. The predicted molar refractivity (Wildman–Crippen MR) is 90.2 cm³/mol. The van der Waals surface area contributed by atoms with Gasteiger partial charge in [-0.15, -0.1) is 0 Å². The van der Waals surface area contributed by atoms with E-state index in [9.17, 15) is 24.6 Å². The Morgan fingerprint density at radius 1 is 1.24 bits per heavy atom. The van der Waals surface area contributed by atoms with Gasteiger partial charge >= 0.3 is 17.9 Å². The molecule has 0 heterocycles. The van der Waals surface area contributed by atoms with Crippen molar-refractivity contribution in [1.82, 2.24) is 0 Å². The van der Waals surface area contributed by atoms with Crippen molar-refractivity contribution < 1.29 is 29.3 Å². The molecule has 0 bridgehead atoms. The second-order valence-electron chi connectivity index (χ2n) is 6.36. The van der Waals surface area contributed by atoms with E-state index in [0.29, 0.717) is 5.75 Å². The number of carboxylic acid groups (broad SMARTS) is 2. The molecule has 2 N–H and O–H groups in total. The van der Waals surface area contributed by atoms with Crippen molar-refractivity contribution in [2.24, 2.45) is 11.8 Å². The predicted octanol–water partition coefficient (Wildman–Crippen LogP) is 3.19. The van der Waals surface area contributed by atoms with Crippen molar-refractivity contribution in [2.45, 2.75) is 39.0 Å². The van der Waals surface area contributed by atoms with Gasteiger partial charge in [0.05, 0.1) is 12.3 Å². The molecule has 25 heavy (non-hydrogen) atoms. The highest BCUT2D eigenvalue weighted by atomic mass is 16.5. The molecule has 1 aromatic rings. The lowest BCUT2D eigenvalue weighted by molar-refractivity contribution is -0.147. The summed E-state index contributed by atoms with van der Waals surface area (Å²) in [5.74, 6) is -4.46. The van der Waals surface area contributed by atoms with Crippen LogP contribution >= 0.6 is 0 Å². The second-order valence-corrected chi connectivity index (χ2v) is 6.36. The first-order valence-electron chi connectivity index (χ1n) is 8.32. The van der Waals surface area contributed by atoms with Crippen LogP contribution < -0.4 is 4.74 Å². The zero-order valence-electron chi connectivity index (χ0n) is 14.1. The number of benzene rings is 1. The van der Waals surface area contributed by atoms with Crippen LogP contribution in [0.4, 0.5) is 0 Å². The van der Waals surface area contributed by atoms with Crippen LogP contribution in [-0.4, -0.2) is 28.1 Å². The lowest BCUT2D eigenvalue weighted by atomic mass is 9.91. The summed E-state index contributed by atoms with van der Waals surface area (Å²) >= 11 is 0. The van der Waals surface area contributed by atoms with Gasteiger partial charge in [-0.25, -0.2) is 4.79 Å². The Balaban J connectivity index is 2.13. The van der Waals surface area contributed by atoms with Gasteiger partial charge in [0, 0.05) is 5.57 Å². The van der Waals surface area contributed by atoms with Crippen LogP contribution in [0, 0.1) is 18.8 Å². The Morgan fingerprint density at radius 2 is 1.92 bits per heavy atom. The summed E-state index contributed by atoms with van der Waals surface area (Å²) in [7, 11) is 0. The largest absolute Gasteiger partial charge is 0.481 e. The van der Waals surface area contributed by atoms with Gasteiger partial charge in [-0.05, 0) is 43.4 Å². The van der Waals surface area contributed by atoms with Gasteiger partial charge in [0.2, 0.25) is 0 Å². The second kappa shape index (κ2) is 8.46. The van der Waals surface area contributed by atoms with E-state index in [-0.39, 0.29) is 11.5 Å². The van der Waals surface area contributed by atoms with E-state index in [1.54, 1.807) is 18.2 Å². The van der Waals surface area contributed by atoms with E-state index in [2.05, 4.69) is 0 Å². The maximum absolute atomic E-state index is 12.1. The van der Waals surface area contributed by atoms with Crippen LogP contribution in [0.25, 0.3) is 0 Å². The van der Waals surface area contributed by atoms with E-state index in [4.69, 9.17) is 4.74 Å². The van der Waals surface area contributed by atoms with Gasteiger partial charge in [0.15, 0.2) is 0 Å². The summed E-state index contributed by atoms with van der Waals surface area (Å²) in [6, 6.07) is 6.80. The van der Waals surface area contributed by atoms with E-state index in [1.807, 2.05) is 13.0 Å². The number of ether oxygens (including phenoxy) is 1. The van der Waals surface area contributed by atoms with Crippen LogP contribution in [0.3, 0.4) is 0 Å². The summed E-state index contributed by atoms with van der Waals surface area (Å²) in [6.45, 7) is 1.84. The third-order valence-corrected chi connectivity index (χ3v) is 4.33. The van der Waals surface area contributed by atoms with E-state index >= 15 is 0 Å². The van der Waals surface area contributed by atoms with Gasteiger partial charge in [0.1, 0.15) is 5.75 Å². The Morgan fingerprint density at radius 3 is 2.48 bits per heavy atom. The molecule has 1 aliphatic rings. The van der Waals surface area contributed by atoms with Crippen molar-refractivity contribution in [2.75, 3.05) is 0 Å². The minimum atomic E-state index is -1.42. The number of carbonyl (C=O) groups excluding carboxylic acids is 1. The third kappa shape index (κ3) is 5.45. The Hall–Kier alpha value is -2.63. The Kier molecular flexibility index (Phi) is 6.33. The molecule has 1 aromatic carbocycles. The van der Waals surface area contributed by atoms with Gasteiger partial charge in [-0.1, -0.05) is 31.1 Å². The molecule has 1 atom stereocenters. The molecule has 2 rings (SSSR count). The lowest BCUT2D eigenvalue weighted by Crippen LogP contribution is -2.26. The van der Waals surface area contributed by atoms with Crippen molar-refractivity contribution >= 4 is 17.9 Å². The van der Waals surface area contributed by atoms with Crippen LogP contribution in [-0.2, 0) is 14.4 Å². The zero-order valence-corrected chi connectivity index (χ0v) is 14.1. The maximum atomic E-state index is 12.1. The monoisotopic (exact) mass is 346 g/mol. The molecule has 0 radical (unpaired) electrons. The number of carboxylic acids is 2. The quantitative estimate of drug-likeness (QED) is 0.447. The molecule has 134 valence electrons. The van der Waals surface area contributed by atoms with Crippen molar-refractivity contribution in [3.8, 4) is 5.75 Å². The lowest BCUT2D eigenvalue weighted by Gasteiger charge is -2.15. The minimum absolute atomic E-state index is 0.0562. The van der Waals surface area contributed by atoms with Crippen LogP contribution in [0.1, 0.15) is 37.7 Å². The fourth-order valence-corrected chi connectivity index (χ4v) is 3.06. The van der Waals surface area contributed by atoms with Crippen LogP contribution in [0.5, 0.6) is 5.75 Å². The Bertz CT molecular complexity index is 685. The van der Waals surface area contributed by atoms with Crippen molar-refractivity contribution in [1.29, 1.82) is 0 Å². The van der Waals surface area contributed by atoms with Crippen molar-refractivity contribution in [3.05, 3.63) is 41.5 Å². The highest BCUT2D eigenvalue weighted by molar-refractivity contribution is 5.95. The summed E-state index contributed by atoms with van der Waals surface area (Å²) in [5.41, 5.74) is 0.660. The molecular weight excluding hydrogens is 324 g/mol. The number of esters is 1. The number of aliphatic carboxylic acids is 2. The molecule has 6 heteroatoms. The SMILES string of the molecule is Cc1cccc(OC(=O)CC(C(=O)O)C(=CC2CCCC2)C(=O)O)c1. The average molecular weight is 346 g/mol. The number of allylic oxidation sites excluding steroid dienone is 1. The molecule has 0 spiro atoms. The standard InChI is InChI=1S/C19H22O6/c1-12-5-4-8-14(9-12)25-17(20)11-16(19(23)24)15(18(21)22)10-13-6-2-3-7-13/h4-5,8-10,13,16H,2-3,6-7,11H2,1H3,(H,21,22)(H,23,24). The van der Waals surface area contributed by atoms with Gasteiger partial charge in [-0.3, -0.25) is 9.59 Å². The molecular formula is C19H22O6. The van der Waals surface area contributed by atoms with Crippen molar-refractivity contribution in [3.63, 3.8) is 0 Å².